The van der Waals surface area contributed by atoms with Crippen LogP contribution in [0.5, 0.6) is 0 Å². The number of thiophene rings is 1. The van der Waals surface area contributed by atoms with E-state index in [9.17, 15) is 5.26 Å². The van der Waals surface area contributed by atoms with Crippen molar-refractivity contribution in [3.8, 4) is 6.07 Å². The van der Waals surface area contributed by atoms with Crippen LogP contribution in [-0.2, 0) is 0 Å². The number of rotatable bonds is 1. The van der Waals surface area contributed by atoms with Gasteiger partial charge >= 0.3 is 0 Å². The number of nitriles is 1. The van der Waals surface area contributed by atoms with E-state index in [-0.39, 0.29) is 0 Å². The van der Waals surface area contributed by atoms with Gasteiger partial charge in [-0.3, -0.25) is 0 Å². The number of anilines is 1. The normalized spacial score (nSPS) is 15.4. The average molecular weight is 331 g/mol. The summed E-state index contributed by atoms with van der Waals surface area (Å²) in [5.41, 5.74) is 1.23. The molecule has 1 aliphatic rings. The summed E-state index contributed by atoms with van der Waals surface area (Å²) in [7, 11) is 0. The minimum absolute atomic E-state index is 0.325. The van der Waals surface area contributed by atoms with Gasteiger partial charge in [-0.2, -0.15) is 5.26 Å². The first-order valence-corrected chi connectivity index (χ1v) is 8.24. The number of halogens is 1. The van der Waals surface area contributed by atoms with Gasteiger partial charge in [-0.05, 0) is 30.5 Å². The van der Waals surface area contributed by atoms with Gasteiger partial charge in [0.15, 0.2) is 5.15 Å². The SMILES string of the molecule is N#Cc1cc2c(nc1N1CCCCC1)sc1c(Cl)nnnc12. The molecule has 4 heterocycles. The van der Waals surface area contributed by atoms with Crippen molar-refractivity contribution in [3.63, 3.8) is 0 Å². The van der Waals surface area contributed by atoms with Crippen molar-refractivity contribution >= 4 is 49.2 Å². The molecule has 3 aromatic rings. The molecule has 8 heteroatoms. The molecule has 0 aliphatic carbocycles. The van der Waals surface area contributed by atoms with Gasteiger partial charge in [0.05, 0.1) is 10.3 Å². The lowest BCUT2D eigenvalue weighted by Gasteiger charge is -2.28. The Morgan fingerprint density at radius 1 is 1.23 bits per heavy atom. The zero-order chi connectivity index (χ0) is 15.1. The van der Waals surface area contributed by atoms with E-state index in [1.165, 1.54) is 17.8 Å². The number of nitrogens with zero attached hydrogens (tertiary/aromatic N) is 6. The van der Waals surface area contributed by atoms with Gasteiger partial charge in [-0.1, -0.05) is 11.6 Å². The average Bonchev–Trinajstić information content (AvgIpc) is 2.93. The molecular formula is C14H11ClN6S. The molecule has 0 radical (unpaired) electrons. The van der Waals surface area contributed by atoms with E-state index in [0.717, 1.165) is 46.7 Å². The number of pyridine rings is 1. The second-order valence-corrected chi connectivity index (χ2v) is 6.59. The second kappa shape index (κ2) is 5.30. The van der Waals surface area contributed by atoms with E-state index in [4.69, 9.17) is 16.6 Å². The Hall–Kier alpha value is -2.04. The molecule has 0 spiro atoms. The van der Waals surface area contributed by atoms with Crippen LogP contribution >= 0.6 is 22.9 Å². The van der Waals surface area contributed by atoms with Crippen LogP contribution in [-0.4, -0.2) is 33.5 Å². The summed E-state index contributed by atoms with van der Waals surface area (Å²) in [4.78, 5) is 7.73. The maximum Gasteiger partial charge on any atom is 0.172 e. The largest absolute Gasteiger partial charge is 0.355 e. The Morgan fingerprint density at radius 3 is 2.82 bits per heavy atom. The van der Waals surface area contributed by atoms with Crippen LogP contribution in [0.15, 0.2) is 6.07 Å². The summed E-state index contributed by atoms with van der Waals surface area (Å²) in [5, 5.41) is 22.1. The van der Waals surface area contributed by atoms with Crippen molar-refractivity contribution in [1.29, 1.82) is 5.26 Å². The van der Waals surface area contributed by atoms with Crippen LogP contribution in [0.3, 0.4) is 0 Å². The van der Waals surface area contributed by atoms with Crippen molar-refractivity contribution in [2.75, 3.05) is 18.0 Å². The van der Waals surface area contributed by atoms with Crippen LogP contribution in [0.4, 0.5) is 5.82 Å². The summed E-state index contributed by atoms with van der Waals surface area (Å²) in [6.45, 7) is 1.89. The molecular weight excluding hydrogens is 320 g/mol. The van der Waals surface area contributed by atoms with Crippen molar-refractivity contribution in [3.05, 3.63) is 16.8 Å². The number of hydrogen-bond donors (Lipinski definition) is 0. The van der Waals surface area contributed by atoms with Crippen molar-refractivity contribution < 1.29 is 0 Å². The van der Waals surface area contributed by atoms with Crippen molar-refractivity contribution in [2.24, 2.45) is 0 Å². The fourth-order valence-electron chi connectivity index (χ4n) is 2.82. The minimum Gasteiger partial charge on any atom is -0.355 e. The van der Waals surface area contributed by atoms with Gasteiger partial charge in [0.1, 0.15) is 22.2 Å². The van der Waals surface area contributed by atoms with E-state index in [2.05, 4.69) is 26.4 Å². The lowest BCUT2D eigenvalue weighted by atomic mass is 10.1. The van der Waals surface area contributed by atoms with Gasteiger partial charge in [0, 0.05) is 18.5 Å². The lowest BCUT2D eigenvalue weighted by molar-refractivity contribution is 0.574. The fourth-order valence-corrected chi connectivity index (χ4v) is 4.02. The maximum atomic E-state index is 9.49. The molecule has 0 atom stereocenters. The van der Waals surface area contributed by atoms with Gasteiger partial charge in [-0.25, -0.2) is 4.98 Å². The van der Waals surface area contributed by atoms with Crippen LogP contribution in [0.2, 0.25) is 5.15 Å². The highest BCUT2D eigenvalue weighted by Crippen LogP contribution is 2.36. The van der Waals surface area contributed by atoms with Gasteiger partial charge in [-0.15, -0.1) is 21.5 Å². The summed E-state index contributed by atoms with van der Waals surface area (Å²) >= 11 is 7.53. The van der Waals surface area contributed by atoms with E-state index in [1.807, 2.05) is 6.07 Å². The highest BCUT2D eigenvalue weighted by Gasteiger charge is 2.20. The van der Waals surface area contributed by atoms with E-state index >= 15 is 0 Å². The van der Waals surface area contributed by atoms with Crippen LogP contribution < -0.4 is 4.90 Å². The molecule has 0 aromatic carbocycles. The Bertz CT molecular complexity index is 909. The first kappa shape index (κ1) is 13.6. The standard InChI is InChI=1S/C14H11ClN6S/c15-12-11-10(18-20-19-12)9-6-8(7-16)13(17-14(9)22-11)21-4-2-1-3-5-21/h6H,1-5H2. The van der Waals surface area contributed by atoms with Gasteiger partial charge in [0.25, 0.3) is 0 Å². The van der Waals surface area contributed by atoms with Crippen molar-refractivity contribution in [1.82, 2.24) is 20.4 Å². The molecule has 0 bridgehead atoms. The van der Waals surface area contributed by atoms with E-state index in [0.29, 0.717) is 16.2 Å². The third kappa shape index (κ3) is 2.07. The Labute approximate surface area is 135 Å². The molecule has 3 aromatic heterocycles. The Kier molecular flexibility index (Phi) is 3.28. The first-order valence-electron chi connectivity index (χ1n) is 7.05. The molecule has 0 N–H and O–H groups in total. The zero-order valence-corrected chi connectivity index (χ0v) is 13.2. The predicted octanol–water partition coefficient (Wildman–Crippen LogP) is 3.15. The molecule has 110 valence electrons. The summed E-state index contributed by atoms with van der Waals surface area (Å²) in [5.74, 6) is 0.762. The van der Waals surface area contributed by atoms with Gasteiger partial charge in [0.2, 0.25) is 0 Å². The molecule has 6 nitrogen and oxygen atoms in total. The van der Waals surface area contributed by atoms with E-state index in [1.54, 1.807) is 0 Å². The number of hydrogen-bond acceptors (Lipinski definition) is 7. The second-order valence-electron chi connectivity index (χ2n) is 5.23. The third-order valence-corrected chi connectivity index (χ3v) is 5.35. The summed E-state index contributed by atoms with van der Waals surface area (Å²) < 4.78 is 0.763. The molecule has 22 heavy (non-hydrogen) atoms. The topological polar surface area (TPSA) is 78.6 Å². The highest BCUT2D eigenvalue weighted by atomic mass is 35.5. The third-order valence-electron chi connectivity index (χ3n) is 3.88. The molecule has 0 unspecified atom stereocenters. The maximum absolute atomic E-state index is 9.49. The molecule has 4 rings (SSSR count). The first-order chi connectivity index (χ1) is 10.8. The van der Waals surface area contributed by atoms with Crippen LogP contribution in [0.25, 0.3) is 20.4 Å². The predicted molar refractivity (Wildman–Crippen MR) is 86.3 cm³/mol. The Morgan fingerprint density at radius 2 is 2.05 bits per heavy atom. The van der Waals surface area contributed by atoms with Crippen LogP contribution in [0, 0.1) is 11.3 Å². The number of piperidine rings is 1. The fraction of sp³-hybridized carbons (Fsp3) is 0.357. The van der Waals surface area contributed by atoms with Gasteiger partial charge < -0.3 is 4.90 Å². The molecule has 1 fully saturated rings. The molecule has 0 saturated carbocycles. The Balaban J connectivity index is 1.97. The molecule has 0 amide bonds. The van der Waals surface area contributed by atoms with E-state index < -0.39 is 0 Å². The number of aromatic nitrogens is 4. The smallest absolute Gasteiger partial charge is 0.172 e. The lowest BCUT2D eigenvalue weighted by Crippen LogP contribution is -2.30. The summed E-state index contributed by atoms with van der Waals surface area (Å²) in [6.07, 6.45) is 3.51. The minimum atomic E-state index is 0.325. The summed E-state index contributed by atoms with van der Waals surface area (Å²) in [6, 6.07) is 4.10. The molecule has 1 saturated heterocycles. The monoisotopic (exact) mass is 330 g/mol. The van der Waals surface area contributed by atoms with Crippen LogP contribution in [0.1, 0.15) is 24.8 Å². The van der Waals surface area contributed by atoms with Crippen molar-refractivity contribution in [2.45, 2.75) is 19.3 Å². The number of fused-ring (bicyclic) bond motifs is 3. The zero-order valence-electron chi connectivity index (χ0n) is 11.6. The molecule has 1 aliphatic heterocycles. The highest BCUT2D eigenvalue weighted by molar-refractivity contribution is 7.25. The quantitative estimate of drug-likeness (QED) is 0.682.